The van der Waals surface area contributed by atoms with Crippen LogP contribution in [0, 0.1) is 46.7 Å². The van der Waals surface area contributed by atoms with E-state index in [1.165, 1.54) is 38.5 Å². The Balaban J connectivity index is 1.43. The molecule has 0 spiro atoms. The van der Waals surface area contributed by atoms with E-state index in [9.17, 15) is 4.39 Å². The van der Waals surface area contributed by atoms with Gasteiger partial charge in [-0.2, -0.15) is 5.26 Å². The van der Waals surface area contributed by atoms with Crippen molar-refractivity contribution in [1.29, 1.82) is 5.26 Å². The van der Waals surface area contributed by atoms with E-state index in [2.05, 4.69) is 30.9 Å². The van der Waals surface area contributed by atoms with Crippen molar-refractivity contribution in [3.05, 3.63) is 47.3 Å². The maximum absolute atomic E-state index is 13.8. The monoisotopic (exact) mass is 377 g/mol. The van der Waals surface area contributed by atoms with Gasteiger partial charge in [0.25, 0.3) is 0 Å². The Hall–Kier alpha value is -2.06. The maximum atomic E-state index is 13.8. The average molecular weight is 378 g/mol. The highest BCUT2D eigenvalue weighted by Crippen LogP contribution is 2.36. The summed E-state index contributed by atoms with van der Waals surface area (Å²) in [6.07, 6.45) is 16.8. The highest BCUT2D eigenvalue weighted by atomic mass is 19.1. The van der Waals surface area contributed by atoms with Crippen molar-refractivity contribution in [3.8, 4) is 17.9 Å². The Morgan fingerprint density at radius 3 is 2.46 bits per heavy atom. The van der Waals surface area contributed by atoms with Crippen molar-refractivity contribution in [2.45, 2.75) is 77.0 Å². The number of benzene rings is 1. The third-order valence-corrected chi connectivity index (χ3v) is 6.64. The van der Waals surface area contributed by atoms with Crippen LogP contribution in [-0.2, 0) is 0 Å². The summed E-state index contributed by atoms with van der Waals surface area (Å²) in [6.45, 7) is 2.29. The lowest BCUT2D eigenvalue weighted by atomic mass is 9.78. The van der Waals surface area contributed by atoms with Gasteiger partial charge in [0.1, 0.15) is 11.9 Å². The van der Waals surface area contributed by atoms with Crippen LogP contribution in [0.4, 0.5) is 4.39 Å². The van der Waals surface area contributed by atoms with E-state index in [0.29, 0.717) is 11.8 Å². The molecule has 0 N–H and O–H groups in total. The van der Waals surface area contributed by atoms with Gasteiger partial charge in [-0.1, -0.05) is 43.7 Å². The molecule has 148 valence electrons. The molecule has 2 heteroatoms. The number of hydrogen-bond donors (Lipinski definition) is 0. The molecule has 3 rings (SSSR count). The van der Waals surface area contributed by atoms with Crippen LogP contribution >= 0.6 is 0 Å². The maximum Gasteiger partial charge on any atom is 0.141 e. The fourth-order valence-corrected chi connectivity index (χ4v) is 4.87. The lowest BCUT2D eigenvalue weighted by molar-refractivity contribution is 0.294. The lowest BCUT2D eigenvalue weighted by Gasteiger charge is -2.26. The fourth-order valence-electron chi connectivity index (χ4n) is 4.87. The quantitative estimate of drug-likeness (QED) is 0.512. The Bertz CT molecular complexity index is 760. The van der Waals surface area contributed by atoms with E-state index in [4.69, 9.17) is 5.26 Å². The summed E-state index contributed by atoms with van der Waals surface area (Å²) in [4.78, 5) is 0. The molecule has 0 amide bonds. The van der Waals surface area contributed by atoms with E-state index in [0.717, 1.165) is 43.1 Å². The minimum atomic E-state index is -0.393. The number of allylic oxidation sites excluding steroid dienone is 2. The zero-order valence-corrected chi connectivity index (χ0v) is 17.1. The van der Waals surface area contributed by atoms with Crippen LogP contribution in [0.2, 0.25) is 0 Å². The van der Waals surface area contributed by atoms with Crippen molar-refractivity contribution in [2.75, 3.05) is 0 Å². The largest absolute Gasteiger partial charge is 0.206 e. The molecule has 0 heterocycles. The molecule has 0 unspecified atom stereocenters. The average Bonchev–Trinajstić information content (AvgIpc) is 2.73. The van der Waals surface area contributed by atoms with Gasteiger partial charge in [0.15, 0.2) is 0 Å². The lowest BCUT2D eigenvalue weighted by Crippen LogP contribution is -2.13. The van der Waals surface area contributed by atoms with Crippen LogP contribution in [0.5, 0.6) is 0 Å². The summed E-state index contributed by atoms with van der Waals surface area (Å²) < 4.78 is 13.8. The molecule has 1 aromatic carbocycles. The number of nitrogens with zero attached hydrogens (tertiary/aromatic N) is 1. The summed E-state index contributed by atoms with van der Waals surface area (Å²) in [6, 6.07) is 6.96. The van der Waals surface area contributed by atoms with Gasteiger partial charge in [-0.3, -0.25) is 0 Å². The van der Waals surface area contributed by atoms with Crippen molar-refractivity contribution in [2.24, 2.45) is 17.8 Å². The normalized spacial score (nSPS) is 27.8. The topological polar surface area (TPSA) is 23.8 Å². The van der Waals surface area contributed by atoms with Gasteiger partial charge in [-0.05, 0) is 92.9 Å². The molecule has 2 aliphatic carbocycles. The van der Waals surface area contributed by atoms with E-state index in [-0.39, 0.29) is 5.56 Å². The first-order chi connectivity index (χ1) is 13.7. The Kier molecular flexibility index (Phi) is 7.73. The molecular weight excluding hydrogens is 345 g/mol. The molecule has 2 fully saturated rings. The molecular formula is C26H32FN. The van der Waals surface area contributed by atoms with Crippen LogP contribution in [0.25, 0.3) is 0 Å². The van der Waals surface area contributed by atoms with Crippen LogP contribution < -0.4 is 0 Å². The van der Waals surface area contributed by atoms with Gasteiger partial charge in [0.2, 0.25) is 0 Å². The van der Waals surface area contributed by atoms with Crippen LogP contribution in [0.1, 0.15) is 88.2 Å². The molecule has 1 aromatic rings. The first-order valence-corrected chi connectivity index (χ1v) is 11.1. The molecule has 2 aliphatic rings. The zero-order chi connectivity index (χ0) is 19.8. The second kappa shape index (κ2) is 10.5. The summed E-state index contributed by atoms with van der Waals surface area (Å²) in [5.41, 5.74) is 1.16. The molecule has 0 atom stereocenters. The Morgan fingerprint density at radius 2 is 1.82 bits per heavy atom. The van der Waals surface area contributed by atoms with Crippen LogP contribution in [0.3, 0.4) is 0 Å². The first kappa shape index (κ1) is 20.7. The number of hydrogen-bond acceptors (Lipinski definition) is 1. The summed E-state index contributed by atoms with van der Waals surface area (Å²) in [5, 5.41) is 8.86. The highest BCUT2D eigenvalue weighted by Gasteiger charge is 2.22. The molecule has 0 aromatic heterocycles. The molecule has 2 saturated carbocycles. The van der Waals surface area contributed by atoms with Crippen molar-refractivity contribution < 1.29 is 4.39 Å². The van der Waals surface area contributed by atoms with Gasteiger partial charge >= 0.3 is 0 Å². The summed E-state index contributed by atoms with van der Waals surface area (Å²) in [5.74, 6) is 8.88. The zero-order valence-electron chi connectivity index (χ0n) is 17.1. The van der Waals surface area contributed by atoms with Crippen molar-refractivity contribution in [3.63, 3.8) is 0 Å². The second-order valence-electron chi connectivity index (χ2n) is 8.62. The Labute approximate surface area is 170 Å². The van der Waals surface area contributed by atoms with E-state index < -0.39 is 5.82 Å². The van der Waals surface area contributed by atoms with Gasteiger partial charge in [0, 0.05) is 5.92 Å². The molecule has 1 nitrogen and oxygen atoms in total. The fraction of sp³-hybridized carbons (Fsp3) is 0.577. The van der Waals surface area contributed by atoms with Crippen LogP contribution in [-0.4, -0.2) is 0 Å². The molecule has 0 saturated heterocycles. The van der Waals surface area contributed by atoms with Crippen molar-refractivity contribution in [1.82, 2.24) is 0 Å². The van der Waals surface area contributed by atoms with Crippen LogP contribution in [0.15, 0.2) is 30.4 Å². The summed E-state index contributed by atoms with van der Waals surface area (Å²) in [7, 11) is 0. The predicted molar refractivity (Wildman–Crippen MR) is 113 cm³/mol. The SMILES string of the molecule is CCC[C@H]1CC[C@H](/C=C/C#C[C@H]2CC[C@H](c3ccc(C#N)c(F)c3)CC2)CC1. The number of halogens is 1. The molecule has 0 bridgehead atoms. The third kappa shape index (κ3) is 5.72. The standard InChI is InChI=1S/C26H32FN/c1-2-5-20-8-10-21(11-9-20)6-3-4-7-22-12-14-23(15-13-22)24-16-17-25(19-28)26(27)18-24/h3,6,16-18,20-23H,2,5,8-15H2,1H3/b6-3+/t20-,21-,22-,23-. The van der Waals surface area contributed by atoms with E-state index >= 15 is 0 Å². The van der Waals surface area contributed by atoms with Gasteiger partial charge in [-0.15, -0.1) is 0 Å². The third-order valence-electron chi connectivity index (χ3n) is 6.64. The number of nitriles is 1. The van der Waals surface area contributed by atoms with Gasteiger partial charge in [-0.25, -0.2) is 4.39 Å². The number of rotatable bonds is 4. The van der Waals surface area contributed by atoms with E-state index in [1.807, 2.05) is 12.1 Å². The predicted octanol–water partition coefficient (Wildman–Crippen LogP) is 7.14. The molecule has 28 heavy (non-hydrogen) atoms. The molecule has 0 aliphatic heterocycles. The first-order valence-electron chi connectivity index (χ1n) is 11.1. The minimum absolute atomic E-state index is 0.133. The van der Waals surface area contributed by atoms with Gasteiger partial charge in [0.05, 0.1) is 5.56 Å². The second-order valence-corrected chi connectivity index (χ2v) is 8.62. The van der Waals surface area contributed by atoms with Gasteiger partial charge < -0.3 is 0 Å². The van der Waals surface area contributed by atoms with E-state index in [1.54, 1.807) is 12.1 Å². The Morgan fingerprint density at radius 1 is 1.07 bits per heavy atom. The molecule has 0 radical (unpaired) electrons. The minimum Gasteiger partial charge on any atom is -0.206 e. The smallest absolute Gasteiger partial charge is 0.141 e. The van der Waals surface area contributed by atoms with Crippen molar-refractivity contribution >= 4 is 0 Å². The highest BCUT2D eigenvalue weighted by molar-refractivity contribution is 5.35. The summed E-state index contributed by atoms with van der Waals surface area (Å²) >= 11 is 0.